The summed E-state index contributed by atoms with van der Waals surface area (Å²) in [5.74, 6) is 1.47. The quantitative estimate of drug-likeness (QED) is 0.850. The predicted molar refractivity (Wildman–Crippen MR) is 98.4 cm³/mol. The van der Waals surface area contributed by atoms with Gasteiger partial charge >= 0.3 is 0 Å². The number of rotatable bonds is 4. The van der Waals surface area contributed by atoms with Crippen LogP contribution in [0.2, 0.25) is 0 Å². The summed E-state index contributed by atoms with van der Waals surface area (Å²) in [6, 6.07) is 8.70. The Morgan fingerprint density at radius 1 is 1.04 bits per heavy atom. The molecule has 4 rings (SSSR count). The molecule has 1 heterocycles. The zero-order chi connectivity index (χ0) is 15.9. The van der Waals surface area contributed by atoms with E-state index >= 15 is 0 Å². The molecule has 0 atom stereocenters. The van der Waals surface area contributed by atoms with E-state index in [-0.39, 0.29) is 22.7 Å². The Bertz CT molecular complexity index is 691. The van der Waals surface area contributed by atoms with Crippen molar-refractivity contribution in [2.75, 3.05) is 0 Å². The van der Waals surface area contributed by atoms with Crippen molar-refractivity contribution in [2.45, 2.75) is 67.1 Å². The molecule has 6 heteroatoms. The van der Waals surface area contributed by atoms with E-state index < -0.39 is 0 Å². The summed E-state index contributed by atoms with van der Waals surface area (Å²) in [6.07, 6.45) is 7.68. The van der Waals surface area contributed by atoms with Gasteiger partial charge in [-0.25, -0.2) is 0 Å². The number of nitrogens with two attached hydrogens (primary N) is 1. The normalized spacial score (nSPS) is 21.1. The molecule has 2 aliphatic rings. The lowest BCUT2D eigenvalue weighted by atomic mass is 9.77. The number of hydrogen-bond acceptors (Lipinski definition) is 5. The highest BCUT2D eigenvalue weighted by Crippen LogP contribution is 2.52. The predicted octanol–water partition coefficient (Wildman–Crippen LogP) is 4.70. The van der Waals surface area contributed by atoms with Crippen LogP contribution in [-0.4, -0.2) is 10.1 Å². The standard InChI is InChI=1S/C18H23N3OS.ClH/c1-13-5-7-14(8-6-13)23-18(11-2-3-12-18)16-20-15(21-22-16)17(19)9-4-10-17;/h5-8H,2-4,9-12,19H2,1H3;1H. The van der Waals surface area contributed by atoms with Gasteiger partial charge in [0.2, 0.25) is 5.89 Å². The molecule has 0 radical (unpaired) electrons. The van der Waals surface area contributed by atoms with E-state index in [0.29, 0.717) is 5.82 Å². The molecule has 0 aliphatic heterocycles. The van der Waals surface area contributed by atoms with E-state index in [1.165, 1.54) is 23.3 Å². The summed E-state index contributed by atoms with van der Waals surface area (Å²) in [6.45, 7) is 2.11. The Morgan fingerprint density at radius 2 is 1.71 bits per heavy atom. The number of hydrogen-bond donors (Lipinski definition) is 1. The molecule has 1 aromatic carbocycles. The van der Waals surface area contributed by atoms with Gasteiger partial charge in [0.1, 0.15) is 0 Å². The van der Waals surface area contributed by atoms with Crippen LogP contribution in [0.5, 0.6) is 0 Å². The minimum absolute atomic E-state index is 0. The van der Waals surface area contributed by atoms with Crippen LogP contribution < -0.4 is 5.73 Å². The maximum absolute atomic E-state index is 6.36. The van der Waals surface area contributed by atoms with Gasteiger partial charge in [-0.2, -0.15) is 4.98 Å². The summed E-state index contributed by atoms with van der Waals surface area (Å²) >= 11 is 1.87. The van der Waals surface area contributed by atoms with E-state index in [0.717, 1.165) is 38.0 Å². The molecule has 0 spiro atoms. The van der Waals surface area contributed by atoms with E-state index in [1.807, 2.05) is 11.8 Å². The van der Waals surface area contributed by atoms with Gasteiger partial charge in [-0.15, -0.1) is 24.2 Å². The Kier molecular flexibility index (Phi) is 4.96. The summed E-state index contributed by atoms with van der Waals surface area (Å²) in [4.78, 5) is 6.02. The van der Waals surface area contributed by atoms with Gasteiger partial charge in [-0.1, -0.05) is 35.7 Å². The van der Waals surface area contributed by atoms with Crippen molar-refractivity contribution in [1.82, 2.24) is 10.1 Å². The zero-order valence-electron chi connectivity index (χ0n) is 14.0. The maximum atomic E-state index is 6.36. The first-order valence-electron chi connectivity index (χ1n) is 8.49. The lowest BCUT2D eigenvalue weighted by Gasteiger charge is -2.34. The second-order valence-electron chi connectivity index (χ2n) is 7.05. The number of aryl methyl sites for hydroxylation is 1. The van der Waals surface area contributed by atoms with E-state index in [2.05, 4.69) is 36.3 Å². The van der Waals surface area contributed by atoms with Gasteiger partial charge in [0.25, 0.3) is 0 Å². The third-order valence-electron chi connectivity index (χ3n) is 5.25. The van der Waals surface area contributed by atoms with Crippen LogP contribution in [0, 0.1) is 6.92 Å². The van der Waals surface area contributed by atoms with Gasteiger partial charge in [0.15, 0.2) is 5.82 Å². The molecule has 0 saturated heterocycles. The van der Waals surface area contributed by atoms with Gasteiger partial charge < -0.3 is 10.3 Å². The highest BCUT2D eigenvalue weighted by atomic mass is 35.5. The van der Waals surface area contributed by atoms with Crippen LogP contribution >= 0.6 is 24.2 Å². The molecular formula is C18H24ClN3OS. The topological polar surface area (TPSA) is 64.9 Å². The number of benzene rings is 1. The Balaban J connectivity index is 0.00000169. The highest BCUT2D eigenvalue weighted by Gasteiger charge is 2.45. The number of nitrogens with zero attached hydrogens (tertiary/aromatic N) is 2. The molecule has 0 unspecified atom stereocenters. The third-order valence-corrected chi connectivity index (χ3v) is 6.73. The first-order valence-corrected chi connectivity index (χ1v) is 9.31. The van der Waals surface area contributed by atoms with Crippen LogP contribution in [0.15, 0.2) is 33.7 Å². The minimum atomic E-state index is -0.351. The van der Waals surface area contributed by atoms with Crippen LogP contribution in [-0.2, 0) is 10.3 Å². The summed E-state index contributed by atoms with van der Waals surface area (Å²) in [5, 5.41) is 4.23. The number of halogens is 1. The summed E-state index contributed by atoms with van der Waals surface area (Å²) in [7, 11) is 0. The first-order chi connectivity index (χ1) is 11.1. The van der Waals surface area contributed by atoms with Crippen molar-refractivity contribution >= 4 is 24.2 Å². The maximum Gasteiger partial charge on any atom is 0.243 e. The fraction of sp³-hybridized carbons (Fsp3) is 0.556. The molecule has 130 valence electrons. The molecule has 2 aromatic rings. The van der Waals surface area contributed by atoms with Crippen LogP contribution in [0.1, 0.15) is 62.2 Å². The first kappa shape index (κ1) is 17.8. The van der Waals surface area contributed by atoms with Crippen molar-refractivity contribution in [2.24, 2.45) is 5.73 Å². The zero-order valence-corrected chi connectivity index (χ0v) is 15.6. The van der Waals surface area contributed by atoms with Gasteiger partial charge in [-0.3, -0.25) is 0 Å². The second kappa shape index (κ2) is 6.70. The molecule has 1 aromatic heterocycles. The molecule has 2 saturated carbocycles. The third kappa shape index (κ3) is 3.09. The molecule has 2 aliphatic carbocycles. The monoisotopic (exact) mass is 365 g/mol. The lowest BCUT2D eigenvalue weighted by molar-refractivity contribution is 0.228. The van der Waals surface area contributed by atoms with Gasteiger partial charge in [0.05, 0.1) is 10.3 Å². The largest absolute Gasteiger partial charge is 0.338 e. The van der Waals surface area contributed by atoms with Crippen molar-refractivity contribution in [3.63, 3.8) is 0 Å². The molecule has 24 heavy (non-hydrogen) atoms. The molecule has 2 fully saturated rings. The summed E-state index contributed by atoms with van der Waals surface area (Å²) in [5.41, 5.74) is 7.29. The Hall–Kier alpha value is -1.04. The Morgan fingerprint density at radius 3 is 2.29 bits per heavy atom. The van der Waals surface area contributed by atoms with E-state index in [4.69, 9.17) is 15.2 Å². The number of thioether (sulfide) groups is 1. The van der Waals surface area contributed by atoms with Crippen molar-refractivity contribution < 1.29 is 4.52 Å². The minimum Gasteiger partial charge on any atom is -0.338 e. The van der Waals surface area contributed by atoms with E-state index in [1.54, 1.807) is 0 Å². The average molecular weight is 366 g/mol. The Labute approximate surface area is 153 Å². The fourth-order valence-corrected chi connectivity index (χ4v) is 4.92. The van der Waals surface area contributed by atoms with Gasteiger partial charge in [-0.05, 0) is 51.2 Å². The molecule has 0 amide bonds. The van der Waals surface area contributed by atoms with Crippen LogP contribution in [0.4, 0.5) is 0 Å². The van der Waals surface area contributed by atoms with Crippen LogP contribution in [0.3, 0.4) is 0 Å². The highest BCUT2D eigenvalue weighted by molar-refractivity contribution is 8.00. The van der Waals surface area contributed by atoms with Crippen molar-refractivity contribution in [1.29, 1.82) is 0 Å². The van der Waals surface area contributed by atoms with Gasteiger partial charge in [0, 0.05) is 4.90 Å². The molecule has 0 bridgehead atoms. The fourth-order valence-electron chi connectivity index (χ4n) is 3.53. The van der Waals surface area contributed by atoms with Crippen molar-refractivity contribution in [3.05, 3.63) is 41.5 Å². The van der Waals surface area contributed by atoms with E-state index in [9.17, 15) is 0 Å². The average Bonchev–Trinajstić information content (AvgIpc) is 3.17. The SMILES string of the molecule is Cc1ccc(SC2(c3nc(C4(N)CCC4)no3)CCCC2)cc1.Cl. The van der Waals surface area contributed by atoms with Crippen molar-refractivity contribution in [3.8, 4) is 0 Å². The smallest absolute Gasteiger partial charge is 0.243 e. The molecule has 2 N–H and O–H groups in total. The number of aromatic nitrogens is 2. The molecular weight excluding hydrogens is 342 g/mol. The van der Waals surface area contributed by atoms with Crippen LogP contribution in [0.25, 0.3) is 0 Å². The second-order valence-corrected chi connectivity index (χ2v) is 8.51. The molecule has 4 nitrogen and oxygen atoms in total. The lowest BCUT2D eigenvalue weighted by Crippen LogP contribution is -2.44. The summed E-state index contributed by atoms with van der Waals surface area (Å²) < 4.78 is 5.63.